The van der Waals surface area contributed by atoms with Crippen molar-refractivity contribution in [2.75, 3.05) is 7.11 Å². The molecule has 1 aromatic heterocycles. The Morgan fingerprint density at radius 1 is 1.11 bits per heavy atom. The zero-order valence-corrected chi connectivity index (χ0v) is 16.0. The molecule has 1 heterocycles. The van der Waals surface area contributed by atoms with Crippen molar-refractivity contribution in [1.29, 1.82) is 0 Å². The van der Waals surface area contributed by atoms with E-state index in [9.17, 15) is 4.79 Å². The first-order valence-corrected chi connectivity index (χ1v) is 9.07. The standard InChI is InChI=1S/C22H25N3O2/c1-17(2)25(22(26)19-9-11-20(27-3)12-10-19)16-21-23-13-14-24(21)15-18-7-5-4-6-8-18/h4-14,17H,15-16H2,1-3H3. The molecule has 3 rings (SSSR count). The van der Waals surface area contributed by atoms with Crippen LogP contribution in [-0.2, 0) is 13.1 Å². The second-order valence-corrected chi connectivity index (χ2v) is 6.71. The van der Waals surface area contributed by atoms with E-state index in [1.54, 1.807) is 25.4 Å². The van der Waals surface area contributed by atoms with Crippen LogP contribution < -0.4 is 4.74 Å². The second kappa shape index (κ2) is 8.54. The molecule has 3 aromatic rings. The molecule has 0 aliphatic heterocycles. The lowest BCUT2D eigenvalue weighted by atomic mass is 10.1. The van der Waals surface area contributed by atoms with Gasteiger partial charge in [0.1, 0.15) is 11.6 Å². The Balaban J connectivity index is 1.79. The number of ether oxygens (including phenoxy) is 1. The van der Waals surface area contributed by atoms with Crippen molar-refractivity contribution in [2.24, 2.45) is 0 Å². The number of benzene rings is 2. The molecule has 0 saturated heterocycles. The van der Waals surface area contributed by atoms with Crippen LogP contribution in [0.4, 0.5) is 0 Å². The lowest BCUT2D eigenvalue weighted by Crippen LogP contribution is -2.37. The van der Waals surface area contributed by atoms with Gasteiger partial charge in [-0.05, 0) is 43.7 Å². The van der Waals surface area contributed by atoms with Crippen LogP contribution in [0, 0.1) is 0 Å². The summed E-state index contributed by atoms with van der Waals surface area (Å²) < 4.78 is 7.27. The van der Waals surface area contributed by atoms with Gasteiger partial charge >= 0.3 is 0 Å². The Morgan fingerprint density at radius 2 is 1.81 bits per heavy atom. The monoisotopic (exact) mass is 363 g/mol. The highest BCUT2D eigenvalue weighted by molar-refractivity contribution is 5.94. The normalized spacial score (nSPS) is 10.8. The summed E-state index contributed by atoms with van der Waals surface area (Å²) in [5, 5.41) is 0. The van der Waals surface area contributed by atoms with E-state index in [1.165, 1.54) is 5.56 Å². The summed E-state index contributed by atoms with van der Waals surface area (Å²) in [5.41, 5.74) is 1.85. The molecule has 1 amide bonds. The SMILES string of the molecule is COc1ccc(C(=O)N(Cc2nccn2Cc2ccccc2)C(C)C)cc1. The van der Waals surface area contributed by atoms with E-state index in [2.05, 4.69) is 21.7 Å². The molecule has 0 fully saturated rings. The quantitative estimate of drug-likeness (QED) is 0.638. The predicted octanol–water partition coefficient (Wildman–Crippen LogP) is 3.99. The molecule has 5 nitrogen and oxygen atoms in total. The maximum Gasteiger partial charge on any atom is 0.254 e. The van der Waals surface area contributed by atoms with Gasteiger partial charge in [-0.25, -0.2) is 4.98 Å². The Morgan fingerprint density at radius 3 is 2.44 bits per heavy atom. The zero-order chi connectivity index (χ0) is 19.2. The van der Waals surface area contributed by atoms with E-state index in [0.717, 1.165) is 18.1 Å². The number of aromatic nitrogens is 2. The molecule has 2 aromatic carbocycles. The molecule has 140 valence electrons. The van der Waals surface area contributed by atoms with Gasteiger partial charge < -0.3 is 14.2 Å². The van der Waals surface area contributed by atoms with Crippen molar-refractivity contribution in [3.05, 3.63) is 83.9 Å². The first-order chi connectivity index (χ1) is 13.1. The molecule has 0 spiro atoms. The summed E-state index contributed by atoms with van der Waals surface area (Å²) in [6.45, 7) is 5.24. The molecule has 0 bridgehead atoms. The van der Waals surface area contributed by atoms with Crippen LogP contribution in [0.3, 0.4) is 0 Å². The Bertz CT molecular complexity index is 870. The van der Waals surface area contributed by atoms with Crippen LogP contribution in [0.2, 0.25) is 0 Å². The largest absolute Gasteiger partial charge is 0.497 e. The van der Waals surface area contributed by atoms with Gasteiger partial charge in [0, 0.05) is 30.5 Å². The summed E-state index contributed by atoms with van der Waals surface area (Å²) in [4.78, 5) is 19.4. The topological polar surface area (TPSA) is 47.4 Å². The van der Waals surface area contributed by atoms with Gasteiger partial charge in [-0.3, -0.25) is 4.79 Å². The van der Waals surface area contributed by atoms with E-state index in [-0.39, 0.29) is 11.9 Å². The fraction of sp³-hybridized carbons (Fsp3) is 0.273. The fourth-order valence-corrected chi connectivity index (χ4v) is 2.96. The first-order valence-electron chi connectivity index (χ1n) is 9.07. The average molecular weight is 363 g/mol. The molecule has 0 N–H and O–H groups in total. The van der Waals surface area contributed by atoms with Crippen LogP contribution in [0.5, 0.6) is 5.75 Å². The number of amides is 1. The van der Waals surface area contributed by atoms with Crippen LogP contribution in [0.1, 0.15) is 35.6 Å². The number of imidazole rings is 1. The molecular weight excluding hydrogens is 338 g/mol. The molecule has 0 aliphatic rings. The van der Waals surface area contributed by atoms with Crippen LogP contribution >= 0.6 is 0 Å². The maximum absolute atomic E-state index is 13.0. The molecular formula is C22H25N3O2. The third-order valence-corrected chi connectivity index (χ3v) is 4.53. The molecule has 0 unspecified atom stereocenters. The summed E-state index contributed by atoms with van der Waals surface area (Å²) in [6, 6.07) is 17.5. The number of hydrogen-bond acceptors (Lipinski definition) is 3. The van der Waals surface area contributed by atoms with Crippen molar-refractivity contribution in [1.82, 2.24) is 14.5 Å². The van der Waals surface area contributed by atoms with Gasteiger partial charge in [-0.15, -0.1) is 0 Å². The summed E-state index contributed by atoms with van der Waals surface area (Å²) >= 11 is 0. The van der Waals surface area contributed by atoms with Crippen molar-refractivity contribution in [2.45, 2.75) is 33.0 Å². The van der Waals surface area contributed by atoms with E-state index < -0.39 is 0 Å². The average Bonchev–Trinajstić information content (AvgIpc) is 3.13. The van der Waals surface area contributed by atoms with Crippen LogP contribution in [0.25, 0.3) is 0 Å². The zero-order valence-electron chi connectivity index (χ0n) is 16.0. The van der Waals surface area contributed by atoms with Crippen LogP contribution in [-0.4, -0.2) is 33.5 Å². The number of methoxy groups -OCH3 is 1. The lowest BCUT2D eigenvalue weighted by molar-refractivity contribution is 0.0683. The van der Waals surface area contributed by atoms with E-state index >= 15 is 0 Å². The molecule has 0 saturated carbocycles. The highest BCUT2D eigenvalue weighted by Gasteiger charge is 2.21. The molecule has 27 heavy (non-hydrogen) atoms. The predicted molar refractivity (Wildman–Crippen MR) is 106 cm³/mol. The van der Waals surface area contributed by atoms with Gasteiger partial charge in [-0.1, -0.05) is 30.3 Å². The van der Waals surface area contributed by atoms with Crippen molar-refractivity contribution >= 4 is 5.91 Å². The number of hydrogen-bond donors (Lipinski definition) is 0. The van der Waals surface area contributed by atoms with E-state index in [1.807, 2.05) is 55.3 Å². The Labute approximate surface area is 160 Å². The van der Waals surface area contributed by atoms with E-state index in [4.69, 9.17) is 4.74 Å². The maximum atomic E-state index is 13.0. The van der Waals surface area contributed by atoms with Gasteiger partial charge in [0.25, 0.3) is 5.91 Å². The van der Waals surface area contributed by atoms with Gasteiger partial charge in [0.15, 0.2) is 0 Å². The molecule has 5 heteroatoms. The Kier molecular flexibility index (Phi) is 5.91. The highest BCUT2D eigenvalue weighted by atomic mass is 16.5. The number of carbonyl (C=O) groups is 1. The van der Waals surface area contributed by atoms with E-state index in [0.29, 0.717) is 12.1 Å². The summed E-state index contributed by atoms with van der Waals surface area (Å²) in [6.07, 6.45) is 3.74. The first kappa shape index (κ1) is 18.7. The van der Waals surface area contributed by atoms with Crippen molar-refractivity contribution in [3.63, 3.8) is 0 Å². The minimum atomic E-state index is -0.0121. The van der Waals surface area contributed by atoms with Crippen molar-refractivity contribution < 1.29 is 9.53 Å². The lowest BCUT2D eigenvalue weighted by Gasteiger charge is -2.27. The van der Waals surface area contributed by atoms with Crippen molar-refractivity contribution in [3.8, 4) is 5.75 Å². The molecule has 0 aliphatic carbocycles. The summed E-state index contributed by atoms with van der Waals surface area (Å²) in [5.74, 6) is 1.59. The Hall–Kier alpha value is -3.08. The van der Waals surface area contributed by atoms with Gasteiger partial charge in [0.05, 0.1) is 13.7 Å². The third-order valence-electron chi connectivity index (χ3n) is 4.53. The second-order valence-electron chi connectivity index (χ2n) is 6.71. The number of rotatable bonds is 7. The van der Waals surface area contributed by atoms with Crippen LogP contribution in [0.15, 0.2) is 67.0 Å². The number of nitrogens with zero attached hydrogens (tertiary/aromatic N) is 3. The minimum Gasteiger partial charge on any atom is -0.497 e. The number of carbonyl (C=O) groups excluding carboxylic acids is 1. The molecule has 0 radical (unpaired) electrons. The summed E-state index contributed by atoms with van der Waals surface area (Å²) in [7, 11) is 1.61. The smallest absolute Gasteiger partial charge is 0.254 e. The molecule has 0 atom stereocenters. The van der Waals surface area contributed by atoms with Gasteiger partial charge in [0.2, 0.25) is 0 Å². The fourth-order valence-electron chi connectivity index (χ4n) is 2.96. The minimum absolute atomic E-state index is 0.0121. The third kappa shape index (κ3) is 4.56. The highest BCUT2D eigenvalue weighted by Crippen LogP contribution is 2.17. The van der Waals surface area contributed by atoms with Gasteiger partial charge in [-0.2, -0.15) is 0 Å².